The van der Waals surface area contributed by atoms with Gasteiger partial charge in [-0.1, -0.05) is 26.0 Å². The van der Waals surface area contributed by atoms with E-state index in [1.165, 1.54) is 5.56 Å². The summed E-state index contributed by atoms with van der Waals surface area (Å²) in [7, 11) is 0. The van der Waals surface area contributed by atoms with Crippen molar-refractivity contribution in [2.45, 2.75) is 26.7 Å². The minimum absolute atomic E-state index is 0.115. The summed E-state index contributed by atoms with van der Waals surface area (Å²) in [6, 6.07) is 15.1. The number of rotatable bonds is 5. The van der Waals surface area contributed by atoms with Gasteiger partial charge in [0.2, 0.25) is 0 Å². The third-order valence-electron chi connectivity index (χ3n) is 3.26. The van der Waals surface area contributed by atoms with Crippen LogP contribution in [-0.2, 0) is 0 Å². The van der Waals surface area contributed by atoms with Crippen LogP contribution in [-0.4, -0.2) is 12.5 Å². The molecule has 0 bridgehead atoms. The van der Waals surface area contributed by atoms with Gasteiger partial charge in [0.05, 0.1) is 6.61 Å². The Morgan fingerprint density at radius 2 is 1.67 bits per heavy atom. The molecule has 0 heterocycles. The molecular formula is C18H21NO2. The van der Waals surface area contributed by atoms with Crippen molar-refractivity contribution in [2.75, 3.05) is 11.9 Å². The van der Waals surface area contributed by atoms with E-state index in [9.17, 15) is 4.79 Å². The quantitative estimate of drug-likeness (QED) is 0.879. The van der Waals surface area contributed by atoms with Crippen LogP contribution in [0.25, 0.3) is 0 Å². The molecule has 3 nitrogen and oxygen atoms in total. The maximum Gasteiger partial charge on any atom is 0.255 e. The molecule has 0 saturated heterocycles. The Balaban J connectivity index is 2.03. The molecule has 0 spiro atoms. The molecule has 0 atom stereocenters. The first-order chi connectivity index (χ1) is 10.1. The highest BCUT2D eigenvalue weighted by Crippen LogP contribution is 2.18. The number of ether oxygens (including phenoxy) is 1. The zero-order valence-corrected chi connectivity index (χ0v) is 12.7. The van der Waals surface area contributed by atoms with E-state index in [0.717, 1.165) is 11.4 Å². The first-order valence-corrected chi connectivity index (χ1v) is 7.24. The summed E-state index contributed by atoms with van der Waals surface area (Å²) in [5.74, 6) is 1.14. The van der Waals surface area contributed by atoms with Gasteiger partial charge in [-0.05, 0) is 54.8 Å². The Hall–Kier alpha value is -2.29. The van der Waals surface area contributed by atoms with Gasteiger partial charge < -0.3 is 10.1 Å². The molecule has 0 aliphatic rings. The van der Waals surface area contributed by atoms with Crippen molar-refractivity contribution in [1.82, 2.24) is 0 Å². The summed E-state index contributed by atoms with van der Waals surface area (Å²) in [5, 5.41) is 2.90. The van der Waals surface area contributed by atoms with E-state index in [0.29, 0.717) is 18.1 Å². The van der Waals surface area contributed by atoms with Crippen LogP contribution in [0.1, 0.15) is 42.6 Å². The molecule has 0 aliphatic carbocycles. The minimum atomic E-state index is -0.115. The fourth-order valence-corrected chi connectivity index (χ4v) is 2.02. The number of carbonyl (C=O) groups is 1. The van der Waals surface area contributed by atoms with Crippen molar-refractivity contribution in [3.8, 4) is 5.75 Å². The average molecular weight is 283 g/mol. The Morgan fingerprint density at radius 1 is 1.05 bits per heavy atom. The van der Waals surface area contributed by atoms with Crippen molar-refractivity contribution in [3.05, 3.63) is 59.7 Å². The van der Waals surface area contributed by atoms with Gasteiger partial charge in [-0.3, -0.25) is 4.79 Å². The second-order valence-electron chi connectivity index (χ2n) is 5.19. The fourth-order valence-electron chi connectivity index (χ4n) is 2.02. The molecule has 0 fully saturated rings. The molecule has 1 amide bonds. The first-order valence-electron chi connectivity index (χ1n) is 7.24. The number of anilines is 1. The van der Waals surface area contributed by atoms with E-state index in [4.69, 9.17) is 4.74 Å². The second-order valence-corrected chi connectivity index (χ2v) is 5.19. The monoisotopic (exact) mass is 283 g/mol. The lowest BCUT2D eigenvalue weighted by atomic mass is 10.0. The topological polar surface area (TPSA) is 38.3 Å². The summed E-state index contributed by atoms with van der Waals surface area (Å²) in [6.07, 6.45) is 0. The first kappa shape index (κ1) is 15.1. The molecule has 0 aromatic heterocycles. The third kappa shape index (κ3) is 4.09. The number of amides is 1. The van der Waals surface area contributed by atoms with Crippen LogP contribution < -0.4 is 10.1 Å². The van der Waals surface area contributed by atoms with Crippen LogP contribution >= 0.6 is 0 Å². The smallest absolute Gasteiger partial charge is 0.255 e. The van der Waals surface area contributed by atoms with Crippen molar-refractivity contribution in [3.63, 3.8) is 0 Å². The van der Waals surface area contributed by atoms with Crippen LogP contribution in [0.5, 0.6) is 5.75 Å². The number of nitrogens with one attached hydrogen (secondary N) is 1. The second kappa shape index (κ2) is 6.93. The summed E-state index contributed by atoms with van der Waals surface area (Å²) >= 11 is 0. The summed E-state index contributed by atoms with van der Waals surface area (Å²) in [5.41, 5.74) is 2.68. The number of carbonyl (C=O) groups excluding carboxylic acids is 1. The molecular weight excluding hydrogens is 262 g/mol. The van der Waals surface area contributed by atoms with Gasteiger partial charge in [-0.15, -0.1) is 0 Å². The van der Waals surface area contributed by atoms with E-state index in [1.807, 2.05) is 31.2 Å². The van der Waals surface area contributed by atoms with E-state index in [1.54, 1.807) is 24.3 Å². The van der Waals surface area contributed by atoms with Crippen molar-refractivity contribution >= 4 is 11.6 Å². The lowest BCUT2D eigenvalue weighted by molar-refractivity contribution is 0.102. The predicted molar refractivity (Wildman–Crippen MR) is 86.1 cm³/mol. The zero-order valence-electron chi connectivity index (χ0n) is 12.7. The SMILES string of the molecule is CCOc1ccc(C(=O)Nc2ccc(C(C)C)cc2)cc1. The van der Waals surface area contributed by atoms with Crippen LogP contribution in [0.4, 0.5) is 5.69 Å². The maximum atomic E-state index is 12.2. The van der Waals surface area contributed by atoms with E-state index >= 15 is 0 Å². The van der Waals surface area contributed by atoms with Crippen LogP contribution in [0.3, 0.4) is 0 Å². The third-order valence-corrected chi connectivity index (χ3v) is 3.26. The zero-order chi connectivity index (χ0) is 15.2. The van der Waals surface area contributed by atoms with Gasteiger partial charge in [0.15, 0.2) is 0 Å². The van der Waals surface area contributed by atoms with Crippen molar-refractivity contribution < 1.29 is 9.53 Å². The van der Waals surface area contributed by atoms with Crippen molar-refractivity contribution in [1.29, 1.82) is 0 Å². The molecule has 110 valence electrons. The normalized spacial score (nSPS) is 10.5. The predicted octanol–water partition coefficient (Wildman–Crippen LogP) is 4.46. The van der Waals surface area contributed by atoms with E-state index in [2.05, 4.69) is 19.2 Å². The summed E-state index contributed by atoms with van der Waals surface area (Å²) in [6.45, 7) is 6.84. The standard InChI is InChI=1S/C18H21NO2/c1-4-21-17-11-7-15(8-12-17)18(20)19-16-9-5-14(6-10-16)13(2)3/h5-13H,4H2,1-3H3,(H,19,20). The fraction of sp³-hybridized carbons (Fsp3) is 0.278. The highest BCUT2D eigenvalue weighted by Gasteiger charge is 2.06. The van der Waals surface area contributed by atoms with E-state index in [-0.39, 0.29) is 5.91 Å². The Bertz CT molecular complexity index is 586. The van der Waals surface area contributed by atoms with Gasteiger partial charge in [0, 0.05) is 11.3 Å². The highest BCUT2D eigenvalue weighted by molar-refractivity contribution is 6.04. The van der Waals surface area contributed by atoms with Gasteiger partial charge in [0.25, 0.3) is 5.91 Å². The lowest BCUT2D eigenvalue weighted by Gasteiger charge is -2.09. The van der Waals surface area contributed by atoms with Gasteiger partial charge in [0.1, 0.15) is 5.75 Å². The maximum absolute atomic E-state index is 12.2. The highest BCUT2D eigenvalue weighted by atomic mass is 16.5. The number of benzene rings is 2. The van der Waals surface area contributed by atoms with Crippen molar-refractivity contribution in [2.24, 2.45) is 0 Å². The number of hydrogen-bond donors (Lipinski definition) is 1. The molecule has 21 heavy (non-hydrogen) atoms. The van der Waals surface area contributed by atoms with Crippen LogP contribution in [0.15, 0.2) is 48.5 Å². The molecule has 2 aromatic rings. The molecule has 0 aliphatic heterocycles. The summed E-state index contributed by atoms with van der Waals surface area (Å²) < 4.78 is 5.36. The largest absolute Gasteiger partial charge is 0.494 e. The molecule has 3 heteroatoms. The average Bonchev–Trinajstić information content (AvgIpc) is 2.49. The molecule has 1 N–H and O–H groups in total. The molecule has 0 saturated carbocycles. The molecule has 2 aromatic carbocycles. The van der Waals surface area contributed by atoms with Crippen LogP contribution in [0, 0.1) is 0 Å². The lowest BCUT2D eigenvalue weighted by Crippen LogP contribution is -2.11. The van der Waals surface area contributed by atoms with Gasteiger partial charge >= 0.3 is 0 Å². The molecule has 2 rings (SSSR count). The van der Waals surface area contributed by atoms with E-state index < -0.39 is 0 Å². The van der Waals surface area contributed by atoms with Crippen LogP contribution in [0.2, 0.25) is 0 Å². The van der Waals surface area contributed by atoms with Gasteiger partial charge in [-0.2, -0.15) is 0 Å². The minimum Gasteiger partial charge on any atom is -0.494 e. The number of hydrogen-bond acceptors (Lipinski definition) is 2. The van der Waals surface area contributed by atoms with Gasteiger partial charge in [-0.25, -0.2) is 0 Å². The molecule has 0 unspecified atom stereocenters. The Morgan fingerprint density at radius 3 is 2.19 bits per heavy atom. The Kier molecular flexibility index (Phi) is 4.99. The molecule has 0 radical (unpaired) electrons. The Labute approximate surface area is 126 Å². The summed E-state index contributed by atoms with van der Waals surface area (Å²) in [4.78, 5) is 12.2.